The van der Waals surface area contributed by atoms with E-state index in [4.69, 9.17) is 5.21 Å². The molecule has 0 saturated heterocycles. The maximum Gasteiger partial charge on any atom is 0.200 e. The number of hydroxylamine groups is 1. The monoisotopic (exact) mass is 119 g/mol. The van der Waals surface area contributed by atoms with E-state index in [9.17, 15) is 14.9 Å². The van der Waals surface area contributed by atoms with Gasteiger partial charge in [0.05, 0.1) is 5.03 Å². The van der Waals surface area contributed by atoms with Gasteiger partial charge in [-0.1, -0.05) is 5.43 Å². The highest BCUT2D eigenvalue weighted by Crippen LogP contribution is 1.84. The average Bonchev–Trinajstić information content (AvgIpc) is 1.65. The number of urea groups is 1. The summed E-state index contributed by atoms with van der Waals surface area (Å²) in [6.07, 6.45) is 0. The Kier molecular flexibility index (Phi) is 2.28. The molecule has 0 aromatic carbocycles. The Morgan fingerprint density at radius 3 is 2.38 bits per heavy atom. The van der Waals surface area contributed by atoms with Crippen molar-refractivity contribution in [2.45, 2.75) is 0 Å². The van der Waals surface area contributed by atoms with Crippen molar-refractivity contribution in [2.24, 2.45) is 0 Å². The highest BCUT2D eigenvalue weighted by molar-refractivity contribution is 5.84. The molecule has 7 heteroatoms. The number of nitro groups is 1. The molecule has 0 atom stereocenters. The van der Waals surface area contributed by atoms with Crippen LogP contribution in [0.15, 0.2) is 0 Å². The van der Waals surface area contributed by atoms with Crippen molar-refractivity contribution in [3.8, 4) is 0 Å². The summed E-state index contributed by atoms with van der Waals surface area (Å²) in [5, 5.41) is 17.1. The summed E-state index contributed by atoms with van der Waals surface area (Å²) < 4.78 is 0. The molecule has 46 valence electrons. The first-order chi connectivity index (χ1) is 3.66. The van der Waals surface area contributed by atoms with Crippen LogP contribution < -0.4 is 5.48 Å². The topological polar surface area (TPSA) is 109 Å². The van der Waals surface area contributed by atoms with Crippen LogP contribution in [-0.4, -0.2) is 11.1 Å². The molecule has 0 bridgehead atoms. The standard InChI is InChI=1S/CH2N3O4/c5-1(3-6)2-4(7)8/h(H2-,2,3,5,6)/q-1/p-1. The Hall–Kier alpha value is -1.37. The molecule has 0 unspecified atom stereocenters. The van der Waals surface area contributed by atoms with Crippen molar-refractivity contribution >= 4 is 6.03 Å². The van der Waals surface area contributed by atoms with E-state index in [-0.39, 0.29) is 0 Å². The third-order valence-electron chi connectivity index (χ3n) is 0.260. The zero-order chi connectivity index (χ0) is 6.57. The number of carbonyl (C=O) groups excluding carboxylic acids is 1. The molecule has 8 heavy (non-hydrogen) atoms. The molecule has 0 saturated carbocycles. The van der Waals surface area contributed by atoms with Crippen molar-refractivity contribution in [2.75, 3.05) is 0 Å². The molecule has 2 amide bonds. The minimum absolute atomic E-state index is 0.699. The maximum absolute atomic E-state index is 9.59. The normalized spacial score (nSPS) is 7.62. The quantitative estimate of drug-likeness (QED) is 0.379. The maximum atomic E-state index is 9.59. The smallest absolute Gasteiger partial charge is 0.200 e. The third-order valence-corrected chi connectivity index (χ3v) is 0.260. The van der Waals surface area contributed by atoms with E-state index in [0.29, 0.717) is 5.48 Å². The third kappa shape index (κ3) is 2.85. The van der Waals surface area contributed by atoms with Crippen molar-refractivity contribution in [1.82, 2.24) is 5.48 Å². The summed E-state index contributed by atoms with van der Waals surface area (Å²) in [5.41, 5.74) is 2.75. The highest BCUT2D eigenvalue weighted by atomic mass is 16.7. The predicted octanol–water partition coefficient (Wildman–Crippen LogP) is -0.241. The number of nitrogens with one attached hydrogen (secondary N) is 1. The lowest BCUT2D eigenvalue weighted by molar-refractivity contribution is -0.417. The minimum atomic E-state index is -1.50. The van der Waals surface area contributed by atoms with Gasteiger partial charge in [-0.2, -0.15) is 0 Å². The molecule has 0 heterocycles. The van der Waals surface area contributed by atoms with E-state index in [1.54, 1.807) is 0 Å². The van der Waals surface area contributed by atoms with Gasteiger partial charge in [-0.25, -0.2) is 0 Å². The van der Waals surface area contributed by atoms with Gasteiger partial charge in [0.15, 0.2) is 0 Å². The second-order valence-corrected chi connectivity index (χ2v) is 0.745. The van der Waals surface area contributed by atoms with Gasteiger partial charge >= 0.3 is 0 Å². The molecular formula is CHN3O4-2. The van der Waals surface area contributed by atoms with Crippen LogP contribution >= 0.6 is 0 Å². The van der Waals surface area contributed by atoms with E-state index >= 15 is 0 Å². The number of hydrogen-bond donors (Lipinski definition) is 1. The van der Waals surface area contributed by atoms with Crippen LogP contribution in [-0.2, 0) is 0 Å². The Bertz CT molecular complexity index is 110. The van der Waals surface area contributed by atoms with E-state index < -0.39 is 11.1 Å². The molecule has 0 aromatic heterocycles. The molecule has 0 aliphatic rings. The molecule has 0 aliphatic heterocycles. The van der Waals surface area contributed by atoms with Crippen LogP contribution in [0.4, 0.5) is 4.79 Å². The predicted molar refractivity (Wildman–Crippen MR) is 22.3 cm³/mol. The number of amides is 2. The Balaban J connectivity index is 3.40. The average molecular weight is 119 g/mol. The molecule has 0 rings (SSSR count). The van der Waals surface area contributed by atoms with Crippen molar-refractivity contribution in [3.05, 3.63) is 20.7 Å². The van der Waals surface area contributed by atoms with Crippen LogP contribution in [0.25, 0.3) is 5.43 Å². The molecule has 1 N–H and O–H groups in total. The first-order valence-corrected chi connectivity index (χ1v) is 1.45. The van der Waals surface area contributed by atoms with Gasteiger partial charge in [0.25, 0.3) is 0 Å². The number of rotatable bonds is 1. The van der Waals surface area contributed by atoms with Crippen molar-refractivity contribution in [1.29, 1.82) is 0 Å². The molecule has 0 aliphatic carbocycles. The fourth-order valence-electron chi connectivity index (χ4n) is 0.0946. The number of nitrogens with zero attached hydrogens (tertiary/aromatic N) is 2. The van der Waals surface area contributed by atoms with Crippen LogP contribution in [0.2, 0.25) is 0 Å². The van der Waals surface area contributed by atoms with Crippen LogP contribution in [0, 0.1) is 15.3 Å². The molecular weight excluding hydrogens is 118 g/mol. The highest BCUT2D eigenvalue weighted by Gasteiger charge is 1.88. The van der Waals surface area contributed by atoms with E-state index in [1.807, 2.05) is 0 Å². The largest absolute Gasteiger partial charge is 0.859 e. The second kappa shape index (κ2) is 2.75. The van der Waals surface area contributed by atoms with Gasteiger partial charge in [-0.15, -0.1) is 0 Å². The van der Waals surface area contributed by atoms with E-state index in [2.05, 4.69) is 5.43 Å². The summed E-state index contributed by atoms with van der Waals surface area (Å²) in [6, 6.07) is -1.50. The van der Waals surface area contributed by atoms with Gasteiger partial charge in [0, 0.05) is 0 Å². The van der Waals surface area contributed by atoms with Gasteiger partial charge in [0.1, 0.15) is 0 Å². The molecule has 0 aromatic rings. The summed E-state index contributed by atoms with van der Waals surface area (Å²) in [7, 11) is 0. The Morgan fingerprint density at radius 2 is 2.25 bits per heavy atom. The lowest BCUT2D eigenvalue weighted by atomic mass is 11.1. The van der Waals surface area contributed by atoms with Crippen LogP contribution in [0.5, 0.6) is 0 Å². The molecule has 0 radical (unpaired) electrons. The number of hydrogen-bond acceptors (Lipinski definition) is 4. The van der Waals surface area contributed by atoms with Gasteiger partial charge < -0.3 is 10.7 Å². The summed E-state index contributed by atoms with van der Waals surface area (Å²) in [6.45, 7) is 0. The first-order valence-electron chi connectivity index (χ1n) is 1.45. The lowest BCUT2D eigenvalue weighted by Gasteiger charge is -2.12. The summed E-state index contributed by atoms with van der Waals surface area (Å²) in [4.78, 5) is 18.8. The number of carbonyl (C=O) groups is 1. The Morgan fingerprint density at radius 1 is 1.75 bits per heavy atom. The molecule has 0 spiro atoms. The fraction of sp³-hybridized carbons (Fsp3) is 0. The lowest BCUT2D eigenvalue weighted by Crippen LogP contribution is -2.14. The minimum Gasteiger partial charge on any atom is -0.859 e. The summed E-state index contributed by atoms with van der Waals surface area (Å²) in [5.74, 6) is 0. The van der Waals surface area contributed by atoms with Gasteiger partial charge in [-0.05, 0) is 0 Å². The zero-order valence-electron chi connectivity index (χ0n) is 3.53. The first kappa shape index (κ1) is 6.63. The van der Waals surface area contributed by atoms with Crippen LogP contribution in [0.1, 0.15) is 0 Å². The van der Waals surface area contributed by atoms with Gasteiger partial charge in [-0.3, -0.25) is 14.9 Å². The fourth-order valence-corrected chi connectivity index (χ4v) is 0.0946. The van der Waals surface area contributed by atoms with E-state index in [0.717, 1.165) is 0 Å². The van der Waals surface area contributed by atoms with Crippen molar-refractivity contribution < 1.29 is 9.83 Å². The van der Waals surface area contributed by atoms with Gasteiger partial charge in [0.2, 0.25) is 6.03 Å². The Labute approximate surface area is 43.4 Å². The molecule has 0 fully saturated rings. The summed E-state index contributed by atoms with van der Waals surface area (Å²) >= 11 is 0. The SMILES string of the molecule is O=C([N-][N+](=O)[O-])N[O-]. The molecule has 7 nitrogen and oxygen atoms in total. The van der Waals surface area contributed by atoms with E-state index in [1.165, 1.54) is 0 Å². The zero-order valence-corrected chi connectivity index (χ0v) is 3.53. The van der Waals surface area contributed by atoms with Crippen LogP contribution in [0.3, 0.4) is 0 Å². The van der Waals surface area contributed by atoms with Crippen molar-refractivity contribution in [3.63, 3.8) is 0 Å². The second-order valence-electron chi connectivity index (χ2n) is 0.745.